The molecule has 1 atom stereocenters. The molecule has 4 heteroatoms. The first-order chi connectivity index (χ1) is 8.39. The number of nitrogens with zero attached hydrogens (tertiary/aromatic N) is 1. The molecule has 0 saturated carbocycles. The largest absolute Gasteiger partial charge is 0.389 e. The van der Waals surface area contributed by atoms with Crippen molar-refractivity contribution in [2.75, 3.05) is 18.0 Å². The van der Waals surface area contributed by atoms with Crippen molar-refractivity contribution in [1.82, 2.24) is 0 Å². The second-order valence-electron chi connectivity index (χ2n) is 5.41. The minimum atomic E-state index is -0.628. The molecule has 1 saturated heterocycles. The van der Waals surface area contributed by atoms with E-state index in [1.54, 1.807) is 0 Å². The number of benzene rings is 1. The third kappa shape index (κ3) is 2.82. The van der Waals surface area contributed by atoms with Gasteiger partial charge in [0, 0.05) is 24.3 Å². The Labute approximate surface area is 114 Å². The first-order valence-electron chi connectivity index (χ1n) is 6.27. The highest BCUT2D eigenvalue weighted by molar-refractivity contribution is 7.80. The molecule has 18 heavy (non-hydrogen) atoms. The van der Waals surface area contributed by atoms with Gasteiger partial charge in [0.25, 0.3) is 0 Å². The fourth-order valence-corrected chi connectivity index (χ4v) is 2.71. The zero-order valence-corrected chi connectivity index (χ0v) is 11.8. The van der Waals surface area contributed by atoms with Crippen molar-refractivity contribution in [3.05, 3.63) is 29.3 Å². The summed E-state index contributed by atoms with van der Waals surface area (Å²) in [6, 6.07) is 6.12. The van der Waals surface area contributed by atoms with E-state index in [0.717, 1.165) is 36.2 Å². The van der Waals surface area contributed by atoms with E-state index in [-0.39, 0.29) is 0 Å². The molecule has 0 bridgehead atoms. The van der Waals surface area contributed by atoms with Crippen LogP contribution in [0, 0.1) is 6.92 Å². The van der Waals surface area contributed by atoms with Gasteiger partial charge in [-0.1, -0.05) is 23.8 Å². The molecule has 0 amide bonds. The van der Waals surface area contributed by atoms with Crippen molar-refractivity contribution in [2.45, 2.75) is 32.3 Å². The molecule has 0 aromatic heterocycles. The van der Waals surface area contributed by atoms with Crippen molar-refractivity contribution in [3.63, 3.8) is 0 Å². The molecule has 98 valence electrons. The Morgan fingerprint density at radius 2 is 2.22 bits per heavy atom. The summed E-state index contributed by atoms with van der Waals surface area (Å²) in [6.07, 6.45) is 1.83. The smallest absolute Gasteiger partial charge is 0.106 e. The van der Waals surface area contributed by atoms with Crippen LogP contribution in [0.4, 0.5) is 5.69 Å². The van der Waals surface area contributed by atoms with Crippen LogP contribution in [-0.2, 0) is 0 Å². The van der Waals surface area contributed by atoms with Gasteiger partial charge in [0.05, 0.1) is 5.60 Å². The topological polar surface area (TPSA) is 49.5 Å². The predicted molar refractivity (Wildman–Crippen MR) is 79.1 cm³/mol. The molecule has 1 aromatic carbocycles. The minimum Gasteiger partial charge on any atom is -0.389 e. The third-order valence-corrected chi connectivity index (χ3v) is 3.65. The van der Waals surface area contributed by atoms with E-state index < -0.39 is 5.60 Å². The Kier molecular flexibility index (Phi) is 3.59. The second kappa shape index (κ2) is 4.86. The van der Waals surface area contributed by atoms with Gasteiger partial charge in [0.1, 0.15) is 4.99 Å². The quantitative estimate of drug-likeness (QED) is 0.802. The fourth-order valence-electron chi connectivity index (χ4n) is 2.55. The minimum absolute atomic E-state index is 0.416. The second-order valence-corrected chi connectivity index (χ2v) is 5.85. The number of anilines is 1. The first-order valence-corrected chi connectivity index (χ1v) is 6.68. The summed E-state index contributed by atoms with van der Waals surface area (Å²) in [6.45, 7) is 5.48. The lowest BCUT2D eigenvalue weighted by molar-refractivity contribution is 0.0449. The summed E-state index contributed by atoms with van der Waals surface area (Å²) in [5.74, 6) is 0. The molecule has 2 rings (SSSR count). The highest BCUT2D eigenvalue weighted by Gasteiger charge is 2.29. The highest BCUT2D eigenvalue weighted by atomic mass is 32.1. The van der Waals surface area contributed by atoms with Crippen molar-refractivity contribution >= 4 is 22.9 Å². The Bertz CT molecular complexity index is 471. The number of piperidine rings is 1. The molecule has 1 fully saturated rings. The number of rotatable bonds is 2. The monoisotopic (exact) mass is 264 g/mol. The van der Waals surface area contributed by atoms with Crippen LogP contribution >= 0.6 is 12.2 Å². The van der Waals surface area contributed by atoms with Gasteiger partial charge in [0.2, 0.25) is 0 Å². The van der Waals surface area contributed by atoms with Crippen LogP contribution < -0.4 is 10.6 Å². The number of nitrogens with two attached hydrogens (primary N) is 1. The molecule has 1 aliphatic rings. The number of aliphatic hydroxyl groups is 1. The zero-order valence-electron chi connectivity index (χ0n) is 10.9. The van der Waals surface area contributed by atoms with Crippen LogP contribution in [0.3, 0.4) is 0 Å². The van der Waals surface area contributed by atoms with Crippen LogP contribution in [0.25, 0.3) is 0 Å². The van der Waals surface area contributed by atoms with Crippen molar-refractivity contribution in [2.24, 2.45) is 5.73 Å². The SMILES string of the molecule is Cc1ccc(N2CCCC(C)(O)C2)c(C(N)=S)c1. The van der Waals surface area contributed by atoms with Crippen molar-refractivity contribution in [1.29, 1.82) is 0 Å². The highest BCUT2D eigenvalue weighted by Crippen LogP contribution is 2.28. The van der Waals surface area contributed by atoms with Crippen molar-refractivity contribution < 1.29 is 5.11 Å². The van der Waals surface area contributed by atoms with Gasteiger partial charge in [-0.3, -0.25) is 0 Å². The number of β-amino-alcohol motifs (C(OH)–C–C–N with tert-alkyl or cyclic N) is 1. The summed E-state index contributed by atoms with van der Waals surface area (Å²) in [7, 11) is 0. The van der Waals surface area contributed by atoms with Gasteiger partial charge >= 0.3 is 0 Å². The maximum absolute atomic E-state index is 10.2. The van der Waals surface area contributed by atoms with Crippen molar-refractivity contribution in [3.8, 4) is 0 Å². The fraction of sp³-hybridized carbons (Fsp3) is 0.500. The Morgan fingerprint density at radius 3 is 2.83 bits per heavy atom. The van der Waals surface area contributed by atoms with Crippen LogP contribution in [-0.4, -0.2) is 28.8 Å². The first kappa shape index (κ1) is 13.3. The molecule has 1 unspecified atom stereocenters. The molecule has 1 aliphatic heterocycles. The van der Waals surface area contributed by atoms with E-state index >= 15 is 0 Å². The summed E-state index contributed by atoms with van der Waals surface area (Å²) in [5, 5.41) is 10.2. The number of hydrogen-bond acceptors (Lipinski definition) is 3. The molecule has 0 aliphatic carbocycles. The molecule has 0 radical (unpaired) electrons. The van der Waals surface area contributed by atoms with E-state index in [9.17, 15) is 5.11 Å². The van der Waals surface area contributed by atoms with E-state index in [2.05, 4.69) is 11.0 Å². The molecule has 1 heterocycles. The molecular formula is C14H20N2OS. The van der Waals surface area contributed by atoms with Gasteiger partial charge in [0.15, 0.2) is 0 Å². The molecule has 3 N–H and O–H groups in total. The molecular weight excluding hydrogens is 244 g/mol. The van der Waals surface area contributed by atoms with Crippen LogP contribution in [0.2, 0.25) is 0 Å². The van der Waals surface area contributed by atoms with Gasteiger partial charge in [-0.25, -0.2) is 0 Å². The average Bonchev–Trinajstić information content (AvgIpc) is 2.27. The van der Waals surface area contributed by atoms with Gasteiger partial charge < -0.3 is 15.7 Å². The van der Waals surface area contributed by atoms with Crippen LogP contribution in [0.1, 0.15) is 30.9 Å². The predicted octanol–water partition coefficient (Wildman–Crippen LogP) is 1.98. The summed E-state index contributed by atoms with van der Waals surface area (Å²) in [4.78, 5) is 2.59. The van der Waals surface area contributed by atoms with E-state index in [4.69, 9.17) is 18.0 Å². The van der Waals surface area contributed by atoms with E-state index in [1.807, 2.05) is 26.0 Å². The van der Waals surface area contributed by atoms with Gasteiger partial charge in [-0.2, -0.15) is 0 Å². The maximum Gasteiger partial charge on any atom is 0.106 e. The van der Waals surface area contributed by atoms with E-state index in [0.29, 0.717) is 11.5 Å². The molecule has 0 spiro atoms. The number of aryl methyl sites for hydroxylation is 1. The normalized spacial score (nSPS) is 24.1. The Balaban J connectivity index is 2.35. The third-order valence-electron chi connectivity index (χ3n) is 3.43. The zero-order chi connectivity index (χ0) is 13.3. The lowest BCUT2D eigenvalue weighted by Gasteiger charge is -2.39. The lowest BCUT2D eigenvalue weighted by Crippen LogP contribution is -2.46. The van der Waals surface area contributed by atoms with Crippen LogP contribution in [0.5, 0.6) is 0 Å². The summed E-state index contributed by atoms with van der Waals surface area (Å²) < 4.78 is 0. The van der Waals surface area contributed by atoms with E-state index in [1.165, 1.54) is 0 Å². The van der Waals surface area contributed by atoms with Gasteiger partial charge in [-0.05, 0) is 38.8 Å². The Hall–Kier alpha value is -1.13. The average molecular weight is 264 g/mol. The number of thiocarbonyl (C=S) groups is 1. The van der Waals surface area contributed by atoms with Gasteiger partial charge in [-0.15, -0.1) is 0 Å². The Morgan fingerprint density at radius 1 is 1.50 bits per heavy atom. The molecule has 1 aromatic rings. The lowest BCUT2D eigenvalue weighted by atomic mass is 9.94. The van der Waals surface area contributed by atoms with Crippen LogP contribution in [0.15, 0.2) is 18.2 Å². The number of hydrogen-bond donors (Lipinski definition) is 2. The maximum atomic E-state index is 10.2. The standard InChI is InChI=1S/C14H20N2OS/c1-10-4-5-12(11(8-10)13(15)18)16-7-3-6-14(2,17)9-16/h4-5,8,17H,3,6-7,9H2,1-2H3,(H2,15,18). The summed E-state index contributed by atoms with van der Waals surface area (Å²) >= 11 is 5.12. The summed E-state index contributed by atoms with van der Waals surface area (Å²) in [5.41, 5.74) is 8.26. The molecule has 3 nitrogen and oxygen atoms in total.